The highest BCUT2D eigenvalue weighted by atomic mass is 19.1. The second-order valence-corrected chi connectivity index (χ2v) is 8.14. The van der Waals surface area contributed by atoms with Gasteiger partial charge in [0.25, 0.3) is 0 Å². The summed E-state index contributed by atoms with van der Waals surface area (Å²) in [5, 5.41) is 2.62. The third-order valence-corrected chi connectivity index (χ3v) is 4.33. The van der Waals surface area contributed by atoms with E-state index in [2.05, 4.69) is 5.32 Å². The standard InChI is InChI=1S/C24H27F2NO4/c1-24(2,3)31-23(30)13-12-22(29)27-14-6-9-21(28)18-15-16(10-11-20(18)26)17-7-4-5-8-19(17)25/h4-5,7-8,10-11,15H,6,9,12-14H2,1-3H3,(H,27,29). The van der Waals surface area contributed by atoms with Crippen molar-refractivity contribution in [1.29, 1.82) is 0 Å². The molecule has 0 heterocycles. The molecule has 0 spiro atoms. The molecule has 166 valence electrons. The molecule has 0 aromatic heterocycles. The molecule has 1 N–H and O–H groups in total. The van der Waals surface area contributed by atoms with Gasteiger partial charge in [0.15, 0.2) is 5.78 Å². The summed E-state index contributed by atoms with van der Waals surface area (Å²) < 4.78 is 33.2. The van der Waals surface area contributed by atoms with Crippen molar-refractivity contribution in [3.63, 3.8) is 0 Å². The number of amides is 1. The first-order chi connectivity index (χ1) is 14.6. The lowest BCUT2D eigenvalue weighted by molar-refractivity contribution is -0.155. The number of Topliss-reactive ketones (excluding diaryl/α,β-unsaturated/α-hetero) is 1. The molecule has 0 radical (unpaired) electrons. The average molecular weight is 431 g/mol. The first-order valence-electron chi connectivity index (χ1n) is 10.1. The number of esters is 1. The summed E-state index contributed by atoms with van der Waals surface area (Å²) in [6.07, 6.45) is 0.280. The van der Waals surface area contributed by atoms with Gasteiger partial charge in [-0.15, -0.1) is 0 Å². The molecule has 0 aliphatic carbocycles. The van der Waals surface area contributed by atoms with Crippen LogP contribution in [0.2, 0.25) is 0 Å². The maximum Gasteiger partial charge on any atom is 0.306 e. The summed E-state index contributed by atoms with van der Waals surface area (Å²) in [5.41, 5.74) is -0.0173. The molecule has 1 amide bonds. The molecule has 0 bridgehead atoms. The molecule has 31 heavy (non-hydrogen) atoms. The van der Waals surface area contributed by atoms with Gasteiger partial charge in [-0.05, 0) is 51.0 Å². The molecule has 0 fully saturated rings. The van der Waals surface area contributed by atoms with Crippen molar-refractivity contribution in [2.75, 3.05) is 6.54 Å². The molecular weight excluding hydrogens is 404 g/mol. The van der Waals surface area contributed by atoms with Crippen LogP contribution in [-0.4, -0.2) is 29.8 Å². The van der Waals surface area contributed by atoms with E-state index in [1.54, 1.807) is 39.0 Å². The number of halogens is 2. The van der Waals surface area contributed by atoms with E-state index in [1.807, 2.05) is 0 Å². The Bertz CT molecular complexity index is 951. The highest BCUT2D eigenvalue weighted by Crippen LogP contribution is 2.25. The minimum absolute atomic E-state index is 0.0117. The van der Waals surface area contributed by atoms with E-state index in [4.69, 9.17) is 4.74 Å². The predicted molar refractivity (Wildman–Crippen MR) is 113 cm³/mol. The van der Waals surface area contributed by atoms with Crippen LogP contribution in [0.3, 0.4) is 0 Å². The number of hydrogen-bond acceptors (Lipinski definition) is 4. The van der Waals surface area contributed by atoms with Gasteiger partial charge in [-0.25, -0.2) is 8.78 Å². The highest BCUT2D eigenvalue weighted by Gasteiger charge is 2.17. The van der Waals surface area contributed by atoms with E-state index in [0.29, 0.717) is 12.0 Å². The number of hydrogen-bond donors (Lipinski definition) is 1. The molecule has 2 rings (SSSR count). The largest absolute Gasteiger partial charge is 0.460 e. The third-order valence-electron chi connectivity index (χ3n) is 4.33. The zero-order valence-electron chi connectivity index (χ0n) is 18.0. The Morgan fingerprint density at radius 2 is 1.65 bits per heavy atom. The van der Waals surface area contributed by atoms with E-state index >= 15 is 0 Å². The van der Waals surface area contributed by atoms with Crippen LogP contribution in [0.1, 0.15) is 56.8 Å². The maximum absolute atomic E-state index is 14.1. The monoisotopic (exact) mass is 431 g/mol. The topological polar surface area (TPSA) is 72.5 Å². The number of rotatable bonds is 9. The van der Waals surface area contributed by atoms with Crippen molar-refractivity contribution >= 4 is 17.7 Å². The van der Waals surface area contributed by atoms with Crippen LogP contribution in [0.15, 0.2) is 42.5 Å². The summed E-state index contributed by atoms with van der Waals surface area (Å²) in [6, 6.07) is 9.98. The summed E-state index contributed by atoms with van der Waals surface area (Å²) in [5.74, 6) is -2.35. The molecule has 2 aromatic rings. The molecule has 0 aliphatic heterocycles. The smallest absolute Gasteiger partial charge is 0.306 e. The Morgan fingerprint density at radius 3 is 2.32 bits per heavy atom. The first kappa shape index (κ1) is 24.2. The molecule has 2 aromatic carbocycles. The number of nitrogens with one attached hydrogen (secondary N) is 1. The van der Waals surface area contributed by atoms with E-state index in [9.17, 15) is 23.2 Å². The molecule has 0 saturated carbocycles. The van der Waals surface area contributed by atoms with E-state index in [-0.39, 0.29) is 42.8 Å². The van der Waals surface area contributed by atoms with E-state index in [1.165, 1.54) is 18.2 Å². The van der Waals surface area contributed by atoms with Gasteiger partial charge < -0.3 is 10.1 Å². The zero-order valence-corrected chi connectivity index (χ0v) is 18.0. The molecule has 0 unspecified atom stereocenters. The van der Waals surface area contributed by atoms with Crippen LogP contribution in [0.25, 0.3) is 11.1 Å². The van der Waals surface area contributed by atoms with Crippen molar-refractivity contribution in [2.45, 2.75) is 52.1 Å². The van der Waals surface area contributed by atoms with Crippen molar-refractivity contribution in [2.24, 2.45) is 0 Å². The third kappa shape index (κ3) is 7.92. The highest BCUT2D eigenvalue weighted by molar-refractivity contribution is 5.97. The Kier molecular flexibility index (Phi) is 8.42. The molecule has 7 heteroatoms. The second-order valence-electron chi connectivity index (χ2n) is 8.14. The van der Waals surface area contributed by atoms with Gasteiger partial charge in [-0.1, -0.05) is 24.3 Å². The Labute approximate surface area is 180 Å². The summed E-state index contributed by atoms with van der Waals surface area (Å²) >= 11 is 0. The van der Waals surface area contributed by atoms with Gasteiger partial charge in [0.1, 0.15) is 17.2 Å². The van der Waals surface area contributed by atoms with Crippen molar-refractivity contribution < 1.29 is 27.9 Å². The Morgan fingerprint density at radius 1 is 0.935 bits per heavy atom. The fourth-order valence-corrected chi connectivity index (χ4v) is 2.91. The summed E-state index contributed by atoms with van der Waals surface area (Å²) in [6.45, 7) is 5.46. The van der Waals surface area contributed by atoms with Crippen LogP contribution in [0.4, 0.5) is 8.78 Å². The SMILES string of the molecule is CC(C)(C)OC(=O)CCC(=O)NCCCC(=O)c1cc(-c2ccccc2F)ccc1F. The first-order valence-corrected chi connectivity index (χ1v) is 10.1. The number of benzene rings is 2. The maximum atomic E-state index is 14.1. The minimum atomic E-state index is -0.675. The van der Waals surface area contributed by atoms with Gasteiger partial charge in [-0.2, -0.15) is 0 Å². The number of ether oxygens (including phenoxy) is 1. The lowest BCUT2D eigenvalue weighted by Crippen LogP contribution is -2.27. The number of ketones is 1. The van der Waals surface area contributed by atoms with Crippen molar-refractivity contribution in [3.05, 3.63) is 59.7 Å². The van der Waals surface area contributed by atoms with Crippen molar-refractivity contribution in [3.8, 4) is 11.1 Å². The normalized spacial score (nSPS) is 11.1. The van der Waals surface area contributed by atoms with Crippen LogP contribution in [0.5, 0.6) is 0 Å². The Balaban J connectivity index is 1.83. The molecular formula is C24H27F2NO4. The van der Waals surface area contributed by atoms with Crippen LogP contribution >= 0.6 is 0 Å². The molecule has 0 aliphatic rings. The van der Waals surface area contributed by atoms with E-state index < -0.39 is 29.0 Å². The lowest BCUT2D eigenvalue weighted by atomic mass is 9.99. The van der Waals surface area contributed by atoms with Gasteiger partial charge in [-0.3, -0.25) is 14.4 Å². The average Bonchev–Trinajstić information content (AvgIpc) is 2.69. The summed E-state index contributed by atoms with van der Waals surface area (Å²) in [7, 11) is 0. The fraction of sp³-hybridized carbons (Fsp3) is 0.375. The zero-order chi connectivity index (χ0) is 23.0. The Hall–Kier alpha value is -3.09. The summed E-state index contributed by atoms with van der Waals surface area (Å²) in [4.78, 5) is 35.9. The molecule has 5 nitrogen and oxygen atoms in total. The molecule has 0 saturated heterocycles. The lowest BCUT2D eigenvalue weighted by Gasteiger charge is -2.19. The van der Waals surface area contributed by atoms with Crippen LogP contribution in [-0.2, 0) is 14.3 Å². The van der Waals surface area contributed by atoms with Gasteiger partial charge in [0.2, 0.25) is 5.91 Å². The second kappa shape index (κ2) is 10.8. The quantitative estimate of drug-likeness (QED) is 0.351. The van der Waals surface area contributed by atoms with Gasteiger partial charge in [0.05, 0.1) is 12.0 Å². The minimum Gasteiger partial charge on any atom is -0.460 e. The number of carbonyl (C=O) groups excluding carboxylic acids is 3. The molecule has 0 atom stereocenters. The fourth-order valence-electron chi connectivity index (χ4n) is 2.91. The predicted octanol–water partition coefficient (Wildman–Crippen LogP) is 4.83. The van der Waals surface area contributed by atoms with Crippen LogP contribution < -0.4 is 5.32 Å². The van der Waals surface area contributed by atoms with Gasteiger partial charge >= 0.3 is 5.97 Å². The van der Waals surface area contributed by atoms with E-state index in [0.717, 1.165) is 6.07 Å². The number of carbonyl (C=O) groups is 3. The van der Waals surface area contributed by atoms with Crippen LogP contribution in [0, 0.1) is 11.6 Å². The van der Waals surface area contributed by atoms with Crippen molar-refractivity contribution in [1.82, 2.24) is 5.32 Å². The van der Waals surface area contributed by atoms with Gasteiger partial charge in [0, 0.05) is 24.9 Å².